The summed E-state index contributed by atoms with van der Waals surface area (Å²) in [5.74, 6) is -0.479. The lowest BCUT2D eigenvalue weighted by Crippen LogP contribution is -2.14. The number of nitrogens with zero attached hydrogens (tertiary/aromatic N) is 2. The van der Waals surface area contributed by atoms with Gasteiger partial charge in [0.25, 0.3) is 11.6 Å². The molecule has 1 N–H and O–H groups in total. The van der Waals surface area contributed by atoms with Crippen LogP contribution in [0.2, 0.25) is 0 Å². The largest absolute Gasteiger partial charge is 0.312 e. The summed E-state index contributed by atoms with van der Waals surface area (Å²) < 4.78 is 0. The van der Waals surface area contributed by atoms with Crippen molar-refractivity contribution in [3.05, 3.63) is 56.5 Å². The SMILES string of the molecule is CC(C)(C)c1csc(NC(=O)c2cccc([N+](=O)[O-])c2)c1C#N. The van der Waals surface area contributed by atoms with E-state index in [1.165, 1.54) is 35.6 Å². The maximum Gasteiger partial charge on any atom is 0.270 e. The van der Waals surface area contributed by atoms with Crippen LogP contribution in [0.15, 0.2) is 29.6 Å². The fourth-order valence-electron chi connectivity index (χ4n) is 2.05. The van der Waals surface area contributed by atoms with Crippen LogP contribution in [0, 0.1) is 21.4 Å². The van der Waals surface area contributed by atoms with Crippen molar-refractivity contribution in [2.75, 3.05) is 5.32 Å². The maximum absolute atomic E-state index is 12.3. The second-order valence-corrected chi connectivity index (χ2v) is 6.86. The van der Waals surface area contributed by atoms with Gasteiger partial charge in [-0.15, -0.1) is 11.3 Å². The molecule has 6 nitrogen and oxygen atoms in total. The molecule has 23 heavy (non-hydrogen) atoms. The highest BCUT2D eigenvalue weighted by Crippen LogP contribution is 2.35. The number of benzene rings is 1. The van der Waals surface area contributed by atoms with Crippen LogP contribution < -0.4 is 5.32 Å². The monoisotopic (exact) mass is 329 g/mol. The smallest absolute Gasteiger partial charge is 0.270 e. The summed E-state index contributed by atoms with van der Waals surface area (Å²) >= 11 is 1.27. The first-order valence-corrected chi connectivity index (χ1v) is 7.70. The quantitative estimate of drug-likeness (QED) is 0.678. The van der Waals surface area contributed by atoms with Gasteiger partial charge < -0.3 is 5.32 Å². The highest BCUT2D eigenvalue weighted by Gasteiger charge is 2.23. The number of nitrogens with one attached hydrogen (secondary N) is 1. The number of nitro benzene ring substituents is 1. The number of nitro groups is 1. The lowest BCUT2D eigenvalue weighted by molar-refractivity contribution is -0.384. The molecule has 7 heteroatoms. The summed E-state index contributed by atoms with van der Waals surface area (Å²) in [7, 11) is 0. The molecule has 0 saturated carbocycles. The van der Waals surface area contributed by atoms with Crippen LogP contribution >= 0.6 is 11.3 Å². The first-order valence-electron chi connectivity index (χ1n) is 6.82. The number of rotatable bonds is 3. The Bertz CT molecular complexity index is 813. The molecule has 0 radical (unpaired) electrons. The molecular weight excluding hydrogens is 314 g/mol. The van der Waals surface area contributed by atoms with Gasteiger partial charge in [-0.3, -0.25) is 14.9 Å². The normalized spacial score (nSPS) is 10.9. The van der Waals surface area contributed by atoms with Crippen LogP contribution in [0.3, 0.4) is 0 Å². The van der Waals surface area contributed by atoms with Crippen molar-refractivity contribution in [2.45, 2.75) is 26.2 Å². The summed E-state index contributed by atoms with van der Waals surface area (Å²) in [4.78, 5) is 22.5. The molecule has 118 valence electrons. The first-order chi connectivity index (χ1) is 10.7. The Hall–Kier alpha value is -2.72. The molecule has 0 bridgehead atoms. The molecule has 0 aliphatic rings. The van der Waals surface area contributed by atoms with E-state index in [9.17, 15) is 20.2 Å². The Labute approximate surface area is 137 Å². The van der Waals surface area contributed by atoms with Crippen molar-refractivity contribution in [1.82, 2.24) is 0 Å². The summed E-state index contributed by atoms with van der Waals surface area (Å²) in [6.07, 6.45) is 0. The summed E-state index contributed by atoms with van der Waals surface area (Å²) in [5.41, 5.74) is 1.10. The van der Waals surface area contributed by atoms with Crippen LogP contribution in [0.1, 0.15) is 42.3 Å². The zero-order chi connectivity index (χ0) is 17.2. The van der Waals surface area contributed by atoms with Gasteiger partial charge in [0.15, 0.2) is 0 Å². The van der Waals surface area contributed by atoms with Gasteiger partial charge in [-0.25, -0.2) is 0 Å². The van der Waals surface area contributed by atoms with Crippen molar-refractivity contribution in [2.24, 2.45) is 0 Å². The van der Waals surface area contributed by atoms with Gasteiger partial charge in [-0.05, 0) is 22.4 Å². The number of carbonyl (C=O) groups is 1. The van der Waals surface area contributed by atoms with Crippen LogP contribution in [-0.2, 0) is 5.41 Å². The van der Waals surface area contributed by atoms with E-state index in [4.69, 9.17) is 0 Å². The Balaban J connectivity index is 2.32. The van der Waals surface area contributed by atoms with Crippen LogP contribution in [-0.4, -0.2) is 10.8 Å². The molecule has 1 aromatic heterocycles. The highest BCUT2D eigenvalue weighted by atomic mass is 32.1. The Morgan fingerprint density at radius 2 is 2.09 bits per heavy atom. The molecule has 1 heterocycles. The third-order valence-electron chi connectivity index (χ3n) is 3.26. The van der Waals surface area contributed by atoms with Gasteiger partial charge in [-0.2, -0.15) is 5.26 Å². The average molecular weight is 329 g/mol. The molecule has 2 aromatic rings. The van der Waals surface area contributed by atoms with Crippen molar-refractivity contribution in [3.63, 3.8) is 0 Å². The standard InChI is InChI=1S/C16H15N3O3S/c1-16(2,3)13-9-23-15(12(13)8-17)18-14(20)10-5-4-6-11(7-10)19(21)22/h4-7,9H,1-3H3,(H,18,20). The molecule has 0 aliphatic carbocycles. The van der Waals surface area contributed by atoms with E-state index in [1.807, 2.05) is 26.2 Å². The second kappa shape index (κ2) is 6.18. The molecule has 0 spiro atoms. The zero-order valence-corrected chi connectivity index (χ0v) is 13.7. The van der Waals surface area contributed by atoms with E-state index >= 15 is 0 Å². The number of hydrogen-bond donors (Lipinski definition) is 1. The molecular formula is C16H15N3O3S. The van der Waals surface area contributed by atoms with E-state index in [0.717, 1.165) is 5.56 Å². The summed E-state index contributed by atoms with van der Waals surface area (Å²) in [6.45, 7) is 5.96. The van der Waals surface area contributed by atoms with Gasteiger partial charge in [0.05, 0.1) is 10.5 Å². The number of anilines is 1. The second-order valence-electron chi connectivity index (χ2n) is 5.98. The minimum absolute atomic E-state index is 0.153. The van der Waals surface area contributed by atoms with Gasteiger partial charge in [0.1, 0.15) is 11.1 Å². The molecule has 0 aliphatic heterocycles. The van der Waals surface area contributed by atoms with Crippen molar-refractivity contribution in [3.8, 4) is 6.07 Å². The molecule has 1 amide bonds. The lowest BCUT2D eigenvalue weighted by atomic mass is 9.86. The third kappa shape index (κ3) is 3.55. The molecule has 0 fully saturated rings. The minimum atomic E-state index is -0.555. The summed E-state index contributed by atoms with van der Waals surface area (Å²) in [5, 5.41) is 25.1. The van der Waals surface area contributed by atoms with Crippen LogP contribution in [0.25, 0.3) is 0 Å². The van der Waals surface area contributed by atoms with E-state index < -0.39 is 10.8 Å². The maximum atomic E-state index is 12.3. The molecule has 0 saturated heterocycles. The van der Waals surface area contributed by atoms with E-state index in [0.29, 0.717) is 10.6 Å². The Morgan fingerprint density at radius 3 is 2.65 bits per heavy atom. The Morgan fingerprint density at radius 1 is 1.39 bits per heavy atom. The zero-order valence-electron chi connectivity index (χ0n) is 12.9. The number of hydrogen-bond acceptors (Lipinski definition) is 5. The molecule has 0 atom stereocenters. The first kappa shape index (κ1) is 16.6. The van der Waals surface area contributed by atoms with Crippen molar-refractivity contribution in [1.29, 1.82) is 5.26 Å². The van der Waals surface area contributed by atoms with E-state index in [1.54, 1.807) is 0 Å². The topological polar surface area (TPSA) is 96.0 Å². The van der Waals surface area contributed by atoms with Gasteiger partial charge in [-0.1, -0.05) is 26.8 Å². The number of thiophene rings is 1. The van der Waals surface area contributed by atoms with Gasteiger partial charge >= 0.3 is 0 Å². The third-order valence-corrected chi connectivity index (χ3v) is 4.15. The minimum Gasteiger partial charge on any atom is -0.312 e. The fourth-order valence-corrected chi connectivity index (χ4v) is 3.18. The van der Waals surface area contributed by atoms with Crippen LogP contribution in [0.5, 0.6) is 0 Å². The molecule has 1 aromatic carbocycles. The predicted octanol–water partition coefficient (Wildman–Crippen LogP) is 4.08. The molecule has 0 unspecified atom stereocenters. The Kier molecular flexibility index (Phi) is 4.48. The number of amides is 1. The van der Waals surface area contributed by atoms with E-state index in [2.05, 4.69) is 11.4 Å². The number of nitriles is 1. The van der Waals surface area contributed by atoms with E-state index in [-0.39, 0.29) is 16.7 Å². The van der Waals surface area contributed by atoms with Crippen molar-refractivity contribution >= 4 is 27.9 Å². The average Bonchev–Trinajstić information content (AvgIpc) is 2.90. The van der Waals surface area contributed by atoms with Crippen molar-refractivity contribution < 1.29 is 9.72 Å². The fraction of sp³-hybridized carbons (Fsp3) is 0.250. The highest BCUT2D eigenvalue weighted by molar-refractivity contribution is 7.14. The van der Waals surface area contributed by atoms with Gasteiger partial charge in [0.2, 0.25) is 0 Å². The number of non-ortho nitro benzene ring substituents is 1. The van der Waals surface area contributed by atoms with Gasteiger partial charge in [0, 0.05) is 17.7 Å². The predicted molar refractivity (Wildman–Crippen MR) is 88.8 cm³/mol. The number of carbonyl (C=O) groups excluding carboxylic acids is 1. The van der Waals surface area contributed by atoms with Crippen LogP contribution in [0.4, 0.5) is 10.7 Å². The lowest BCUT2D eigenvalue weighted by Gasteiger charge is -2.17. The molecule has 2 rings (SSSR count). The summed E-state index contributed by atoms with van der Waals surface area (Å²) in [6, 6.07) is 7.60.